The molecular weight excluding hydrogens is 336 g/mol. The molecule has 122 valence electrons. The molecule has 0 spiro atoms. The van der Waals surface area contributed by atoms with E-state index in [-0.39, 0.29) is 0 Å². The molecule has 2 heterocycles. The van der Waals surface area contributed by atoms with Crippen molar-refractivity contribution in [2.24, 2.45) is 0 Å². The first kappa shape index (κ1) is 15.3. The fraction of sp³-hybridized carbons (Fsp3) is 0. The van der Waals surface area contributed by atoms with Gasteiger partial charge in [0, 0.05) is 17.6 Å². The minimum Gasteiger partial charge on any atom is -0.588 e. The van der Waals surface area contributed by atoms with E-state index in [1.807, 2.05) is 30.3 Å². The van der Waals surface area contributed by atoms with Gasteiger partial charge in [-0.1, -0.05) is 23.4 Å². The van der Waals surface area contributed by atoms with Crippen molar-refractivity contribution >= 4 is 28.0 Å². The standard InChI is InChI=1S/C17H12N6OS/c18-10-12-11-19-17-15(12)5-2-6-16(17)21-25(24)14-4-1-3-13(9-14)23-8-7-20-22-23/h1-9,11,19,21H. The smallest absolute Gasteiger partial charge is 0.182 e. The molecule has 0 aliphatic heterocycles. The van der Waals surface area contributed by atoms with Gasteiger partial charge in [-0.25, -0.2) is 9.40 Å². The Morgan fingerprint density at radius 1 is 1.24 bits per heavy atom. The van der Waals surface area contributed by atoms with Gasteiger partial charge in [-0.15, -0.1) is 5.10 Å². The predicted molar refractivity (Wildman–Crippen MR) is 94.4 cm³/mol. The van der Waals surface area contributed by atoms with E-state index >= 15 is 0 Å². The van der Waals surface area contributed by atoms with Gasteiger partial charge in [-0.3, -0.25) is 0 Å². The Labute approximate surface area is 146 Å². The molecule has 0 amide bonds. The second kappa shape index (κ2) is 6.32. The first-order valence-electron chi connectivity index (χ1n) is 7.41. The zero-order valence-corrected chi connectivity index (χ0v) is 13.7. The van der Waals surface area contributed by atoms with Crippen molar-refractivity contribution in [3.05, 3.63) is 66.6 Å². The zero-order valence-electron chi connectivity index (χ0n) is 12.9. The van der Waals surface area contributed by atoms with E-state index in [9.17, 15) is 4.55 Å². The average Bonchev–Trinajstić information content (AvgIpc) is 3.32. The molecule has 4 aromatic rings. The SMILES string of the molecule is N#Cc1c[nH]c2c(N[S+]([O-])c3cccc(-n4ccnn4)c3)cccc12. The number of fused-ring (bicyclic) bond motifs is 1. The van der Waals surface area contributed by atoms with Gasteiger partial charge in [0.05, 0.1) is 29.2 Å². The molecule has 0 saturated heterocycles. The van der Waals surface area contributed by atoms with Gasteiger partial charge in [-0.2, -0.15) is 5.26 Å². The molecule has 2 aromatic heterocycles. The number of rotatable bonds is 4. The summed E-state index contributed by atoms with van der Waals surface area (Å²) >= 11 is -1.47. The van der Waals surface area contributed by atoms with Crippen molar-refractivity contribution in [3.8, 4) is 11.8 Å². The summed E-state index contributed by atoms with van der Waals surface area (Å²) < 4.78 is 17.3. The molecule has 7 nitrogen and oxygen atoms in total. The third kappa shape index (κ3) is 2.82. The van der Waals surface area contributed by atoms with Crippen LogP contribution in [0, 0.1) is 11.3 Å². The van der Waals surface area contributed by atoms with Crippen molar-refractivity contribution in [3.63, 3.8) is 0 Å². The summed E-state index contributed by atoms with van der Waals surface area (Å²) in [5, 5.41) is 17.6. The van der Waals surface area contributed by atoms with Crippen LogP contribution in [-0.2, 0) is 11.4 Å². The average molecular weight is 348 g/mol. The van der Waals surface area contributed by atoms with Gasteiger partial charge in [0.2, 0.25) is 0 Å². The highest BCUT2D eigenvalue weighted by Crippen LogP contribution is 2.27. The van der Waals surface area contributed by atoms with E-state index in [1.54, 1.807) is 35.4 Å². The highest BCUT2D eigenvalue weighted by atomic mass is 32.2. The lowest BCUT2D eigenvalue weighted by Gasteiger charge is -2.13. The van der Waals surface area contributed by atoms with Crippen molar-refractivity contribution in [1.82, 2.24) is 20.0 Å². The molecule has 2 N–H and O–H groups in total. The van der Waals surface area contributed by atoms with E-state index in [1.165, 1.54) is 0 Å². The minimum atomic E-state index is -1.47. The Morgan fingerprint density at radius 3 is 2.92 bits per heavy atom. The van der Waals surface area contributed by atoms with Crippen LogP contribution in [0.4, 0.5) is 5.69 Å². The molecule has 1 unspecified atom stereocenters. The first-order chi connectivity index (χ1) is 12.3. The van der Waals surface area contributed by atoms with Crippen molar-refractivity contribution in [2.45, 2.75) is 4.90 Å². The number of hydrogen-bond acceptors (Lipinski definition) is 5. The fourth-order valence-electron chi connectivity index (χ4n) is 2.58. The molecule has 25 heavy (non-hydrogen) atoms. The Bertz CT molecular complexity index is 1070. The van der Waals surface area contributed by atoms with Crippen LogP contribution in [0.2, 0.25) is 0 Å². The van der Waals surface area contributed by atoms with Crippen LogP contribution in [0.3, 0.4) is 0 Å². The lowest BCUT2D eigenvalue weighted by Crippen LogP contribution is -2.13. The number of anilines is 1. The number of nitrogens with zero attached hydrogens (tertiary/aromatic N) is 4. The Hall–Kier alpha value is -3.28. The van der Waals surface area contributed by atoms with Crippen LogP contribution >= 0.6 is 0 Å². The summed E-state index contributed by atoms with van der Waals surface area (Å²) in [6, 6.07) is 14.9. The third-order valence-corrected chi connectivity index (χ3v) is 4.84. The van der Waals surface area contributed by atoms with Crippen LogP contribution in [0.1, 0.15) is 5.56 Å². The van der Waals surface area contributed by atoms with Crippen LogP contribution in [-0.4, -0.2) is 24.5 Å². The van der Waals surface area contributed by atoms with E-state index in [4.69, 9.17) is 5.26 Å². The summed E-state index contributed by atoms with van der Waals surface area (Å²) in [5.41, 5.74) is 2.75. The molecule has 2 aromatic carbocycles. The highest BCUT2D eigenvalue weighted by molar-refractivity contribution is 7.92. The lowest BCUT2D eigenvalue weighted by atomic mass is 10.2. The van der Waals surface area contributed by atoms with E-state index in [2.05, 4.69) is 26.1 Å². The summed E-state index contributed by atoms with van der Waals surface area (Å²) in [5.74, 6) is 0. The molecule has 1 atom stereocenters. The Morgan fingerprint density at radius 2 is 2.12 bits per heavy atom. The third-order valence-electron chi connectivity index (χ3n) is 3.76. The fourth-order valence-corrected chi connectivity index (χ4v) is 3.50. The van der Waals surface area contributed by atoms with Crippen molar-refractivity contribution < 1.29 is 4.55 Å². The molecule has 4 rings (SSSR count). The second-order valence-corrected chi connectivity index (χ2v) is 6.47. The first-order valence-corrected chi connectivity index (χ1v) is 8.56. The number of benzene rings is 2. The van der Waals surface area contributed by atoms with Crippen LogP contribution in [0.15, 0.2) is 66.0 Å². The highest BCUT2D eigenvalue weighted by Gasteiger charge is 2.16. The number of H-pyrrole nitrogens is 1. The number of aromatic amines is 1. The normalized spacial score (nSPS) is 12.0. The summed E-state index contributed by atoms with van der Waals surface area (Å²) in [4.78, 5) is 3.66. The van der Waals surface area contributed by atoms with Gasteiger partial charge in [0.1, 0.15) is 23.1 Å². The number of para-hydroxylation sites is 1. The summed E-state index contributed by atoms with van der Waals surface area (Å²) in [7, 11) is 0. The predicted octanol–water partition coefficient (Wildman–Crippen LogP) is 2.75. The second-order valence-electron chi connectivity index (χ2n) is 5.26. The maximum atomic E-state index is 12.7. The van der Waals surface area contributed by atoms with Crippen LogP contribution < -0.4 is 4.72 Å². The number of nitrogens with one attached hydrogen (secondary N) is 2. The van der Waals surface area contributed by atoms with Gasteiger partial charge >= 0.3 is 0 Å². The molecule has 0 aliphatic rings. The molecule has 0 bridgehead atoms. The zero-order chi connectivity index (χ0) is 17.2. The molecule has 0 radical (unpaired) electrons. The van der Waals surface area contributed by atoms with Crippen molar-refractivity contribution in [2.75, 3.05) is 4.72 Å². The largest absolute Gasteiger partial charge is 0.588 e. The quantitative estimate of drug-likeness (QED) is 0.552. The maximum absolute atomic E-state index is 12.7. The summed E-state index contributed by atoms with van der Waals surface area (Å²) in [6.45, 7) is 0. The van der Waals surface area contributed by atoms with Crippen LogP contribution in [0.5, 0.6) is 0 Å². The van der Waals surface area contributed by atoms with Gasteiger partial charge < -0.3 is 9.54 Å². The molecule has 8 heteroatoms. The maximum Gasteiger partial charge on any atom is 0.182 e. The monoisotopic (exact) mass is 348 g/mol. The summed E-state index contributed by atoms with van der Waals surface area (Å²) in [6.07, 6.45) is 4.95. The van der Waals surface area contributed by atoms with Gasteiger partial charge in [-0.05, 0) is 18.2 Å². The Kier molecular flexibility index (Phi) is 3.85. The lowest BCUT2D eigenvalue weighted by molar-refractivity contribution is 0.600. The minimum absolute atomic E-state index is 0.553. The number of nitriles is 1. The van der Waals surface area contributed by atoms with Crippen LogP contribution in [0.25, 0.3) is 16.6 Å². The van der Waals surface area contributed by atoms with Crippen molar-refractivity contribution in [1.29, 1.82) is 5.26 Å². The Balaban J connectivity index is 1.65. The van der Waals surface area contributed by atoms with E-state index < -0.39 is 11.4 Å². The van der Waals surface area contributed by atoms with E-state index in [0.29, 0.717) is 16.1 Å². The molecule has 0 fully saturated rings. The molecule has 0 saturated carbocycles. The molecule has 0 aliphatic carbocycles. The number of aromatic nitrogens is 4. The van der Waals surface area contributed by atoms with E-state index in [0.717, 1.165) is 16.6 Å². The number of hydrogen-bond donors (Lipinski definition) is 2. The van der Waals surface area contributed by atoms with Gasteiger partial charge in [0.25, 0.3) is 0 Å². The van der Waals surface area contributed by atoms with Gasteiger partial charge in [0.15, 0.2) is 4.90 Å². The topological polar surface area (TPSA) is 105 Å². The molecular formula is C17H12N6OS.